The van der Waals surface area contributed by atoms with Crippen LogP contribution in [0.4, 0.5) is 17.6 Å². The minimum Gasteiger partial charge on any atom is -0.368 e. The first-order chi connectivity index (χ1) is 11.5. The second kappa shape index (κ2) is 7.11. The number of aryl methyl sites for hydroxylation is 1. The highest BCUT2D eigenvalue weighted by atomic mass is 16.5. The van der Waals surface area contributed by atoms with Gasteiger partial charge in [-0.3, -0.25) is 0 Å². The first-order valence-corrected chi connectivity index (χ1v) is 8.31. The van der Waals surface area contributed by atoms with Crippen molar-refractivity contribution in [2.75, 3.05) is 24.1 Å². The second-order valence-corrected chi connectivity index (χ2v) is 6.47. The number of nitrogens with one attached hydrogen (secondary N) is 2. The van der Waals surface area contributed by atoms with Gasteiger partial charge in [0, 0.05) is 5.69 Å². The number of nitrogen functional groups attached to an aromatic ring is 1. The van der Waals surface area contributed by atoms with Crippen LogP contribution in [0.2, 0.25) is 0 Å². The van der Waals surface area contributed by atoms with Crippen molar-refractivity contribution in [2.45, 2.75) is 39.5 Å². The second-order valence-electron chi connectivity index (χ2n) is 6.47. The Morgan fingerprint density at radius 1 is 1.17 bits per heavy atom. The van der Waals surface area contributed by atoms with Crippen molar-refractivity contribution in [2.24, 2.45) is 0 Å². The van der Waals surface area contributed by atoms with E-state index in [4.69, 9.17) is 10.5 Å². The van der Waals surface area contributed by atoms with Gasteiger partial charge in [-0.15, -0.1) is 0 Å². The van der Waals surface area contributed by atoms with Crippen molar-refractivity contribution in [1.82, 2.24) is 15.0 Å². The van der Waals surface area contributed by atoms with Crippen molar-refractivity contribution >= 4 is 17.6 Å². The molecule has 1 fully saturated rings. The van der Waals surface area contributed by atoms with E-state index in [2.05, 4.69) is 34.1 Å². The van der Waals surface area contributed by atoms with Crippen LogP contribution in [0.15, 0.2) is 24.3 Å². The lowest BCUT2D eigenvalue weighted by Gasteiger charge is -2.31. The largest absolute Gasteiger partial charge is 0.368 e. The number of benzene rings is 1. The summed E-state index contributed by atoms with van der Waals surface area (Å²) < 4.78 is 5.78. The van der Waals surface area contributed by atoms with Crippen molar-refractivity contribution in [3.05, 3.63) is 35.7 Å². The molecule has 3 rings (SSSR count). The van der Waals surface area contributed by atoms with Crippen molar-refractivity contribution < 1.29 is 9.64 Å². The van der Waals surface area contributed by atoms with Crippen molar-refractivity contribution in [1.29, 1.82) is 0 Å². The van der Waals surface area contributed by atoms with E-state index in [-0.39, 0.29) is 18.2 Å². The van der Waals surface area contributed by atoms with Crippen LogP contribution in [-0.2, 0) is 11.3 Å². The van der Waals surface area contributed by atoms with Crippen LogP contribution < -0.4 is 16.0 Å². The molecule has 1 aromatic carbocycles. The highest BCUT2D eigenvalue weighted by molar-refractivity contribution is 5.58. The minimum absolute atomic E-state index is 0.241. The van der Waals surface area contributed by atoms with Crippen molar-refractivity contribution in [3.8, 4) is 0 Å². The molecule has 1 saturated heterocycles. The zero-order chi connectivity index (χ0) is 17.1. The summed E-state index contributed by atoms with van der Waals surface area (Å²) >= 11 is 0. The number of anilines is 3. The Kier molecular flexibility index (Phi) is 4.92. The molecule has 0 radical (unpaired) electrons. The zero-order valence-corrected chi connectivity index (χ0v) is 14.4. The SMILES string of the molecule is Cc1ccccc1Nc1nc(N)nc(C[NH+]2C[C@H](C)O[C@@H](C)C2)n1. The van der Waals surface area contributed by atoms with E-state index < -0.39 is 0 Å². The van der Waals surface area contributed by atoms with Gasteiger partial charge in [-0.05, 0) is 32.4 Å². The molecule has 1 aliphatic rings. The topological polar surface area (TPSA) is 90.4 Å². The number of quaternary nitrogens is 1. The summed E-state index contributed by atoms with van der Waals surface area (Å²) in [5.41, 5.74) is 7.97. The third-order valence-electron chi connectivity index (χ3n) is 4.12. The molecule has 7 heteroatoms. The number of hydrogen-bond donors (Lipinski definition) is 3. The summed E-state index contributed by atoms with van der Waals surface area (Å²) in [4.78, 5) is 14.4. The maximum absolute atomic E-state index is 5.87. The number of nitrogens with zero attached hydrogens (tertiary/aromatic N) is 3. The number of ether oxygens (including phenoxy) is 1. The fraction of sp³-hybridized carbons (Fsp3) is 0.471. The van der Waals surface area contributed by atoms with Gasteiger partial charge in [0.25, 0.3) is 0 Å². The first kappa shape index (κ1) is 16.6. The lowest BCUT2D eigenvalue weighted by molar-refractivity contribution is -0.928. The van der Waals surface area contributed by atoms with Crippen LogP contribution in [0.1, 0.15) is 25.2 Å². The third-order valence-corrected chi connectivity index (χ3v) is 4.12. The van der Waals surface area contributed by atoms with E-state index in [1.165, 1.54) is 4.90 Å². The molecule has 0 amide bonds. The van der Waals surface area contributed by atoms with Gasteiger partial charge in [0.2, 0.25) is 11.9 Å². The van der Waals surface area contributed by atoms with E-state index in [0.29, 0.717) is 18.3 Å². The van der Waals surface area contributed by atoms with Crippen molar-refractivity contribution in [3.63, 3.8) is 0 Å². The molecule has 24 heavy (non-hydrogen) atoms. The average Bonchev–Trinajstić information content (AvgIpc) is 2.48. The molecule has 2 heterocycles. The van der Waals surface area contributed by atoms with Crippen LogP contribution >= 0.6 is 0 Å². The van der Waals surface area contributed by atoms with Gasteiger partial charge < -0.3 is 20.7 Å². The summed E-state index contributed by atoms with van der Waals surface area (Å²) in [5.74, 6) is 1.43. The molecule has 0 bridgehead atoms. The Labute approximate surface area is 142 Å². The lowest BCUT2D eigenvalue weighted by Crippen LogP contribution is -3.14. The summed E-state index contributed by atoms with van der Waals surface area (Å²) in [7, 11) is 0. The molecule has 1 aliphatic heterocycles. The number of morpholine rings is 1. The number of hydrogen-bond acceptors (Lipinski definition) is 6. The smallest absolute Gasteiger partial charge is 0.232 e. The summed E-state index contributed by atoms with van der Waals surface area (Å²) in [6.45, 7) is 8.83. The van der Waals surface area contributed by atoms with Crippen LogP contribution in [-0.4, -0.2) is 40.2 Å². The minimum atomic E-state index is 0.241. The normalized spacial score (nSPS) is 23.9. The van der Waals surface area contributed by atoms with Crippen LogP contribution in [0, 0.1) is 6.92 Å². The summed E-state index contributed by atoms with van der Waals surface area (Å²) in [6, 6.07) is 8.00. The molecular formula is C17H25N6O+. The Morgan fingerprint density at radius 3 is 2.58 bits per heavy atom. The van der Waals surface area contributed by atoms with Gasteiger partial charge >= 0.3 is 0 Å². The average molecular weight is 329 g/mol. The molecule has 128 valence electrons. The fourth-order valence-electron chi connectivity index (χ4n) is 3.16. The van der Waals surface area contributed by atoms with Gasteiger partial charge in [-0.1, -0.05) is 18.2 Å². The van der Waals surface area contributed by atoms with Gasteiger partial charge in [-0.25, -0.2) is 0 Å². The molecule has 0 saturated carbocycles. The maximum Gasteiger partial charge on any atom is 0.232 e. The molecule has 7 nitrogen and oxygen atoms in total. The number of nitrogens with two attached hydrogens (primary N) is 1. The summed E-state index contributed by atoms with van der Waals surface area (Å²) in [6.07, 6.45) is 0.486. The predicted octanol–water partition coefficient (Wildman–Crippen LogP) is 0.698. The van der Waals surface area contributed by atoms with Gasteiger partial charge in [0.05, 0.1) is 0 Å². The Balaban J connectivity index is 1.75. The Bertz CT molecular complexity index is 697. The summed E-state index contributed by atoms with van der Waals surface area (Å²) in [5, 5.41) is 3.23. The molecule has 1 aromatic heterocycles. The Hall–Kier alpha value is -2.25. The molecule has 4 N–H and O–H groups in total. The van der Waals surface area contributed by atoms with Crippen LogP contribution in [0.5, 0.6) is 0 Å². The highest BCUT2D eigenvalue weighted by Gasteiger charge is 2.26. The van der Waals surface area contributed by atoms with Gasteiger partial charge in [-0.2, -0.15) is 15.0 Å². The number of aromatic nitrogens is 3. The molecule has 2 aromatic rings. The van der Waals surface area contributed by atoms with E-state index in [9.17, 15) is 0 Å². The van der Waals surface area contributed by atoms with Gasteiger partial charge in [0.1, 0.15) is 31.8 Å². The Morgan fingerprint density at radius 2 is 1.88 bits per heavy atom. The van der Waals surface area contributed by atoms with Crippen LogP contribution in [0.3, 0.4) is 0 Å². The quantitative estimate of drug-likeness (QED) is 0.765. The molecule has 2 atom stereocenters. The molecule has 0 spiro atoms. The predicted molar refractivity (Wildman–Crippen MR) is 93.1 cm³/mol. The highest BCUT2D eigenvalue weighted by Crippen LogP contribution is 2.17. The molecule has 0 aliphatic carbocycles. The maximum atomic E-state index is 5.87. The monoisotopic (exact) mass is 329 g/mol. The fourth-order valence-corrected chi connectivity index (χ4v) is 3.16. The third kappa shape index (κ3) is 4.18. The van der Waals surface area contributed by atoms with E-state index >= 15 is 0 Å². The molecule has 0 unspecified atom stereocenters. The van der Waals surface area contributed by atoms with E-state index in [1.54, 1.807) is 0 Å². The van der Waals surface area contributed by atoms with E-state index in [0.717, 1.165) is 24.3 Å². The van der Waals surface area contributed by atoms with Gasteiger partial charge in [0.15, 0.2) is 5.82 Å². The van der Waals surface area contributed by atoms with Crippen LogP contribution in [0.25, 0.3) is 0 Å². The number of para-hydroxylation sites is 1. The zero-order valence-electron chi connectivity index (χ0n) is 14.4. The lowest BCUT2D eigenvalue weighted by atomic mass is 10.2. The number of rotatable bonds is 4. The first-order valence-electron chi connectivity index (χ1n) is 8.31. The van der Waals surface area contributed by atoms with E-state index in [1.807, 2.05) is 31.2 Å². The standard InChI is InChI=1S/C17H24N6O/c1-11-6-4-5-7-14(11)19-17-21-15(20-16(18)22-17)10-23-8-12(2)24-13(3)9-23/h4-7,12-13H,8-10H2,1-3H3,(H3,18,19,20,21,22)/p+1/t12-,13-/m0/s1. The molecular weight excluding hydrogens is 304 g/mol.